The lowest BCUT2D eigenvalue weighted by molar-refractivity contribution is -0.202. The van der Waals surface area contributed by atoms with Crippen molar-refractivity contribution in [3.63, 3.8) is 0 Å². The number of likely N-dealkylation sites (tertiary alicyclic amines) is 1. The molecule has 0 amide bonds. The third kappa shape index (κ3) is 8.53. The number of rotatable bonds is 8. The fraction of sp³-hybridized carbons (Fsp3) is 0.667. The van der Waals surface area contributed by atoms with Crippen molar-refractivity contribution in [2.45, 2.75) is 76.9 Å². The normalized spacial score (nSPS) is 20.0. The van der Waals surface area contributed by atoms with E-state index in [1.165, 1.54) is 0 Å². The van der Waals surface area contributed by atoms with Crippen molar-refractivity contribution in [3.05, 3.63) is 28.4 Å². The molecule has 1 aromatic rings. The molecule has 0 N–H and O–H groups in total. The molecule has 1 aliphatic rings. The molecule has 36 heavy (non-hydrogen) atoms. The molecule has 2 rings (SSSR count). The first-order valence-electron chi connectivity index (χ1n) is 11.3. The quantitative estimate of drug-likeness (QED) is 0.171. The minimum Gasteiger partial charge on any atom is -0.458 e. The van der Waals surface area contributed by atoms with Crippen molar-refractivity contribution >= 4 is 79.7 Å². The largest absolute Gasteiger partial charge is 0.458 e. The molecule has 204 valence electrons. The Kier molecular flexibility index (Phi) is 11.2. The molecular weight excluding hydrogens is 820 g/mol. The van der Waals surface area contributed by atoms with Gasteiger partial charge in [-0.15, -0.1) is 0 Å². The van der Waals surface area contributed by atoms with E-state index in [4.69, 9.17) is 14.2 Å². The van der Waals surface area contributed by atoms with Gasteiger partial charge in [-0.3, -0.25) is 9.69 Å². The molecule has 0 bridgehead atoms. The van der Waals surface area contributed by atoms with Gasteiger partial charge in [0, 0.05) is 21.8 Å². The first-order chi connectivity index (χ1) is 16.3. The molecule has 1 saturated heterocycles. The summed E-state index contributed by atoms with van der Waals surface area (Å²) in [5.41, 5.74) is -0.0113. The summed E-state index contributed by atoms with van der Waals surface area (Å²) in [6.45, 7) is 8.51. The first kappa shape index (κ1) is 32.3. The first-order valence-corrected chi connectivity index (χ1v) is 14.5. The third-order valence-corrected chi connectivity index (χ3v) is 10.2. The Hall–Kier alpha value is 0.0600. The van der Waals surface area contributed by atoms with Crippen LogP contribution >= 0.6 is 67.8 Å². The van der Waals surface area contributed by atoms with E-state index in [2.05, 4.69) is 77.8 Å². The highest BCUT2D eigenvalue weighted by molar-refractivity contribution is 14.1. The number of halogens is 6. The maximum absolute atomic E-state index is 13.1. The highest BCUT2D eigenvalue weighted by Crippen LogP contribution is 2.38. The van der Waals surface area contributed by atoms with E-state index in [1.807, 2.05) is 35.7 Å². The van der Waals surface area contributed by atoms with Gasteiger partial charge in [-0.05, 0) is 134 Å². The van der Waals surface area contributed by atoms with Gasteiger partial charge in [0.2, 0.25) is 0 Å². The van der Waals surface area contributed by atoms with Crippen LogP contribution in [0.5, 0.6) is 0 Å². The zero-order chi connectivity index (χ0) is 27.6. The van der Waals surface area contributed by atoms with Crippen LogP contribution in [0.25, 0.3) is 0 Å². The lowest BCUT2D eigenvalue weighted by Gasteiger charge is -2.53. The number of carbonyl (C=O) groups excluding carboxylic acids is 2. The summed E-state index contributed by atoms with van der Waals surface area (Å²) in [7, 11) is 2.05. The second-order valence-electron chi connectivity index (χ2n) is 10.2. The van der Waals surface area contributed by atoms with Crippen molar-refractivity contribution in [1.29, 1.82) is 0 Å². The fourth-order valence-electron chi connectivity index (χ4n) is 4.11. The topological polar surface area (TPSA) is 65.1 Å². The molecule has 1 heterocycles. The summed E-state index contributed by atoms with van der Waals surface area (Å²) >= 11 is 6.22. The minimum atomic E-state index is -4.74. The third-order valence-electron chi connectivity index (χ3n) is 6.53. The standard InChI is InChI=1S/C24H31F3I3NO5/c1-13(24(25,26)27)20(32)36-16(11-34-15-9-22(2,3)31(6)23(4,5)10-15)12-35-21(33)17-7-14(28)8-18(29)19(17)30/h7-8,13,15-16H,9-12H2,1-6H3. The second kappa shape index (κ2) is 12.5. The van der Waals surface area contributed by atoms with Gasteiger partial charge in [-0.1, -0.05) is 0 Å². The average molecular weight is 851 g/mol. The van der Waals surface area contributed by atoms with Crippen LogP contribution in [0.3, 0.4) is 0 Å². The number of carbonyl (C=O) groups is 2. The molecule has 0 aliphatic carbocycles. The second-order valence-corrected chi connectivity index (χ2v) is 13.7. The molecule has 0 saturated carbocycles. The number of piperidine rings is 1. The Morgan fingerprint density at radius 3 is 2.17 bits per heavy atom. The zero-order valence-corrected chi connectivity index (χ0v) is 27.4. The van der Waals surface area contributed by atoms with Gasteiger partial charge in [-0.2, -0.15) is 13.2 Å². The summed E-state index contributed by atoms with van der Waals surface area (Å²) < 4.78 is 58.2. The number of hydrogen-bond acceptors (Lipinski definition) is 6. The summed E-state index contributed by atoms with van der Waals surface area (Å²) in [6.07, 6.45) is -4.76. The predicted molar refractivity (Wildman–Crippen MR) is 155 cm³/mol. The Morgan fingerprint density at radius 1 is 1.08 bits per heavy atom. The predicted octanol–water partition coefficient (Wildman–Crippen LogP) is 6.44. The van der Waals surface area contributed by atoms with Crippen molar-refractivity contribution in [1.82, 2.24) is 4.90 Å². The number of nitrogens with zero attached hydrogens (tertiary/aromatic N) is 1. The maximum Gasteiger partial charge on any atom is 0.401 e. The van der Waals surface area contributed by atoms with Crippen LogP contribution < -0.4 is 0 Å². The zero-order valence-electron chi connectivity index (χ0n) is 21.0. The minimum absolute atomic E-state index is 0.172. The molecular formula is C24H31F3I3NO5. The Morgan fingerprint density at radius 2 is 1.64 bits per heavy atom. The molecule has 12 heteroatoms. The van der Waals surface area contributed by atoms with E-state index in [0.717, 1.165) is 14.1 Å². The summed E-state index contributed by atoms with van der Waals surface area (Å²) in [5.74, 6) is -4.40. The van der Waals surface area contributed by atoms with Gasteiger partial charge in [0.1, 0.15) is 12.5 Å². The SMILES string of the molecule is CC(C(=O)OC(COC(=O)c1cc(I)cc(I)c1I)COC1CC(C)(C)N(C)C(C)(C)C1)C(F)(F)F. The maximum atomic E-state index is 13.1. The van der Waals surface area contributed by atoms with Crippen LogP contribution in [-0.2, 0) is 19.0 Å². The summed E-state index contributed by atoms with van der Waals surface area (Å²) in [6, 6.07) is 3.57. The van der Waals surface area contributed by atoms with Gasteiger partial charge in [0.15, 0.2) is 6.10 Å². The number of esters is 2. The Labute approximate surface area is 251 Å². The van der Waals surface area contributed by atoms with Crippen molar-refractivity contribution in [3.8, 4) is 0 Å². The summed E-state index contributed by atoms with van der Waals surface area (Å²) in [5, 5.41) is 0. The van der Waals surface area contributed by atoms with Crippen LogP contribution in [0, 0.1) is 16.6 Å². The fourth-order valence-corrected chi connectivity index (χ4v) is 6.48. The van der Waals surface area contributed by atoms with E-state index >= 15 is 0 Å². The smallest absolute Gasteiger partial charge is 0.401 e. The van der Waals surface area contributed by atoms with Crippen LogP contribution in [0.2, 0.25) is 0 Å². The van der Waals surface area contributed by atoms with Gasteiger partial charge in [-0.25, -0.2) is 4.79 Å². The van der Waals surface area contributed by atoms with Crippen LogP contribution in [0.15, 0.2) is 12.1 Å². The Balaban J connectivity index is 2.15. The number of alkyl halides is 3. The van der Waals surface area contributed by atoms with Gasteiger partial charge >= 0.3 is 18.1 Å². The van der Waals surface area contributed by atoms with E-state index in [0.29, 0.717) is 22.0 Å². The van der Waals surface area contributed by atoms with Crippen molar-refractivity contribution in [2.24, 2.45) is 5.92 Å². The monoisotopic (exact) mass is 851 g/mol. The molecule has 1 fully saturated rings. The molecule has 1 aromatic carbocycles. The van der Waals surface area contributed by atoms with Crippen molar-refractivity contribution in [2.75, 3.05) is 20.3 Å². The van der Waals surface area contributed by atoms with Crippen LogP contribution in [0.1, 0.15) is 57.8 Å². The van der Waals surface area contributed by atoms with Gasteiger partial charge in [0.25, 0.3) is 0 Å². The molecule has 2 atom stereocenters. The van der Waals surface area contributed by atoms with E-state index < -0.39 is 36.7 Å². The lowest BCUT2D eigenvalue weighted by atomic mass is 9.79. The average Bonchev–Trinajstić information content (AvgIpc) is 2.74. The number of ether oxygens (including phenoxy) is 3. The Bertz CT molecular complexity index is 953. The van der Waals surface area contributed by atoms with E-state index in [9.17, 15) is 22.8 Å². The highest BCUT2D eigenvalue weighted by Gasteiger charge is 2.45. The molecule has 0 spiro atoms. The molecule has 2 unspecified atom stereocenters. The van der Waals surface area contributed by atoms with Gasteiger partial charge < -0.3 is 14.2 Å². The molecule has 6 nitrogen and oxygen atoms in total. The highest BCUT2D eigenvalue weighted by atomic mass is 127. The summed E-state index contributed by atoms with van der Waals surface area (Å²) in [4.78, 5) is 27.2. The van der Waals surface area contributed by atoms with Crippen LogP contribution in [0.4, 0.5) is 13.2 Å². The van der Waals surface area contributed by atoms with Gasteiger partial charge in [0.05, 0.1) is 18.3 Å². The molecule has 1 aliphatic heterocycles. The van der Waals surface area contributed by atoms with Crippen molar-refractivity contribution < 1.29 is 37.0 Å². The number of hydrogen-bond donors (Lipinski definition) is 0. The van der Waals surface area contributed by atoms with Crippen LogP contribution in [-0.4, -0.2) is 66.6 Å². The molecule has 0 radical (unpaired) electrons. The van der Waals surface area contributed by atoms with E-state index in [1.54, 1.807) is 6.07 Å². The lowest BCUT2D eigenvalue weighted by Crippen LogP contribution is -2.60. The van der Waals surface area contributed by atoms with E-state index in [-0.39, 0.29) is 23.8 Å². The molecule has 0 aromatic heterocycles. The number of benzene rings is 1.